The van der Waals surface area contributed by atoms with Gasteiger partial charge in [-0.15, -0.1) is 0 Å². The molecule has 0 saturated carbocycles. The van der Waals surface area contributed by atoms with Crippen LogP contribution in [0.4, 0.5) is 0 Å². The molecule has 29 heavy (non-hydrogen) atoms. The van der Waals surface area contributed by atoms with Gasteiger partial charge in [-0.2, -0.15) is 0 Å². The minimum absolute atomic E-state index is 0.0129. The van der Waals surface area contributed by atoms with E-state index in [9.17, 15) is 9.59 Å². The number of benzene rings is 2. The molecule has 3 rings (SSSR count). The number of hydrogen-bond acceptors (Lipinski definition) is 4. The zero-order valence-electron chi connectivity index (χ0n) is 16.8. The molecule has 2 amide bonds. The van der Waals surface area contributed by atoms with E-state index in [0.717, 1.165) is 24.2 Å². The summed E-state index contributed by atoms with van der Waals surface area (Å²) in [4.78, 5) is 26.4. The normalized spacial score (nSPS) is 14.3. The van der Waals surface area contributed by atoms with Gasteiger partial charge in [0.15, 0.2) is 6.61 Å². The van der Waals surface area contributed by atoms with Gasteiger partial charge in [0.25, 0.3) is 5.91 Å². The standard InChI is InChI=1S/C23H28N2O4/c1-2-28-20-8-10-21(11-9-20)29-17-23(27)25-14-12-19(13-15-25)24-22(26)16-18-6-4-3-5-7-18/h3-11,19H,2,12-17H2,1H3,(H,24,26). The maximum absolute atomic E-state index is 12.4. The van der Waals surface area contributed by atoms with Crippen molar-refractivity contribution < 1.29 is 19.1 Å². The first-order chi connectivity index (χ1) is 14.1. The van der Waals surface area contributed by atoms with E-state index in [4.69, 9.17) is 9.47 Å². The molecule has 0 aliphatic carbocycles. The number of hydrogen-bond donors (Lipinski definition) is 1. The van der Waals surface area contributed by atoms with Crippen LogP contribution in [0.5, 0.6) is 11.5 Å². The van der Waals surface area contributed by atoms with Crippen LogP contribution in [0, 0.1) is 0 Å². The van der Waals surface area contributed by atoms with Crippen molar-refractivity contribution in [3.63, 3.8) is 0 Å². The van der Waals surface area contributed by atoms with E-state index in [1.165, 1.54) is 0 Å². The van der Waals surface area contributed by atoms with Crippen molar-refractivity contribution in [2.45, 2.75) is 32.2 Å². The van der Waals surface area contributed by atoms with Crippen LogP contribution in [0.1, 0.15) is 25.3 Å². The number of nitrogens with one attached hydrogen (secondary N) is 1. The summed E-state index contributed by atoms with van der Waals surface area (Å²) in [5.41, 5.74) is 1.00. The number of carbonyl (C=O) groups excluding carboxylic acids is 2. The summed E-state index contributed by atoms with van der Waals surface area (Å²) in [5.74, 6) is 1.42. The Hall–Kier alpha value is -3.02. The monoisotopic (exact) mass is 396 g/mol. The van der Waals surface area contributed by atoms with Gasteiger partial charge in [-0.3, -0.25) is 9.59 Å². The summed E-state index contributed by atoms with van der Waals surface area (Å²) in [6.45, 7) is 3.81. The van der Waals surface area contributed by atoms with E-state index in [2.05, 4.69) is 5.32 Å². The second-order valence-corrected chi connectivity index (χ2v) is 7.08. The highest BCUT2D eigenvalue weighted by Gasteiger charge is 2.24. The zero-order chi connectivity index (χ0) is 20.5. The molecule has 0 bridgehead atoms. The van der Waals surface area contributed by atoms with E-state index in [0.29, 0.717) is 31.9 Å². The van der Waals surface area contributed by atoms with Crippen molar-refractivity contribution in [2.24, 2.45) is 0 Å². The van der Waals surface area contributed by atoms with Crippen LogP contribution < -0.4 is 14.8 Å². The Bertz CT molecular complexity index is 784. The summed E-state index contributed by atoms with van der Waals surface area (Å²) in [6.07, 6.45) is 1.90. The van der Waals surface area contributed by atoms with Gasteiger partial charge in [0.1, 0.15) is 11.5 Å². The lowest BCUT2D eigenvalue weighted by Gasteiger charge is -2.32. The van der Waals surface area contributed by atoms with Crippen molar-refractivity contribution in [3.05, 3.63) is 60.2 Å². The quantitative estimate of drug-likeness (QED) is 0.745. The van der Waals surface area contributed by atoms with Crippen LogP contribution in [-0.4, -0.2) is 49.1 Å². The summed E-state index contributed by atoms with van der Waals surface area (Å²) >= 11 is 0. The lowest BCUT2D eigenvalue weighted by Crippen LogP contribution is -2.48. The van der Waals surface area contributed by atoms with Crippen LogP contribution in [0.2, 0.25) is 0 Å². The Labute approximate surface area is 171 Å². The summed E-state index contributed by atoms with van der Waals surface area (Å²) < 4.78 is 11.0. The number of nitrogens with zero attached hydrogens (tertiary/aromatic N) is 1. The number of carbonyl (C=O) groups is 2. The van der Waals surface area contributed by atoms with Gasteiger partial charge in [-0.1, -0.05) is 30.3 Å². The van der Waals surface area contributed by atoms with Gasteiger partial charge >= 0.3 is 0 Å². The highest BCUT2D eigenvalue weighted by molar-refractivity contribution is 5.79. The second kappa shape index (κ2) is 10.5. The lowest BCUT2D eigenvalue weighted by molar-refractivity contribution is -0.134. The molecule has 2 aromatic rings. The topological polar surface area (TPSA) is 67.9 Å². The van der Waals surface area contributed by atoms with Crippen molar-refractivity contribution in [3.8, 4) is 11.5 Å². The fourth-order valence-corrected chi connectivity index (χ4v) is 3.37. The number of piperidine rings is 1. The highest BCUT2D eigenvalue weighted by Crippen LogP contribution is 2.18. The fraction of sp³-hybridized carbons (Fsp3) is 0.391. The second-order valence-electron chi connectivity index (χ2n) is 7.08. The Morgan fingerprint density at radius 3 is 2.21 bits per heavy atom. The fourth-order valence-electron chi connectivity index (χ4n) is 3.37. The van der Waals surface area contributed by atoms with Crippen molar-refractivity contribution in [1.29, 1.82) is 0 Å². The molecule has 0 atom stereocenters. The summed E-state index contributed by atoms with van der Waals surface area (Å²) in [5, 5.41) is 3.08. The Balaban J connectivity index is 1.37. The van der Waals surface area contributed by atoms with E-state index in [1.54, 1.807) is 17.0 Å². The molecule has 0 aromatic heterocycles. The molecule has 1 fully saturated rings. The van der Waals surface area contributed by atoms with E-state index in [1.807, 2.05) is 49.4 Å². The molecular weight excluding hydrogens is 368 g/mol. The third-order valence-corrected chi connectivity index (χ3v) is 4.92. The Morgan fingerprint density at radius 1 is 0.966 bits per heavy atom. The van der Waals surface area contributed by atoms with Crippen LogP contribution in [0.3, 0.4) is 0 Å². The molecule has 1 N–H and O–H groups in total. The first-order valence-electron chi connectivity index (χ1n) is 10.1. The minimum atomic E-state index is -0.0343. The van der Waals surface area contributed by atoms with Crippen LogP contribution >= 0.6 is 0 Å². The van der Waals surface area contributed by atoms with Gasteiger partial charge < -0.3 is 19.7 Å². The molecule has 154 valence electrons. The highest BCUT2D eigenvalue weighted by atomic mass is 16.5. The largest absolute Gasteiger partial charge is 0.494 e. The molecular formula is C23H28N2O4. The van der Waals surface area contributed by atoms with Crippen molar-refractivity contribution in [2.75, 3.05) is 26.3 Å². The maximum atomic E-state index is 12.4. The Kier molecular flexibility index (Phi) is 7.50. The van der Waals surface area contributed by atoms with Crippen LogP contribution in [0.15, 0.2) is 54.6 Å². The molecule has 0 radical (unpaired) electrons. The van der Waals surface area contributed by atoms with Gasteiger partial charge in [0.2, 0.25) is 5.91 Å². The number of ether oxygens (including phenoxy) is 2. The van der Waals surface area contributed by atoms with Gasteiger partial charge in [0, 0.05) is 19.1 Å². The third kappa shape index (κ3) is 6.52. The molecule has 1 aliphatic rings. The summed E-state index contributed by atoms with van der Waals surface area (Å²) in [6, 6.07) is 17.1. The first-order valence-corrected chi connectivity index (χ1v) is 10.1. The number of rotatable bonds is 8. The zero-order valence-corrected chi connectivity index (χ0v) is 16.8. The van der Waals surface area contributed by atoms with E-state index >= 15 is 0 Å². The molecule has 1 aliphatic heterocycles. The number of amides is 2. The smallest absolute Gasteiger partial charge is 0.260 e. The average Bonchev–Trinajstić information content (AvgIpc) is 2.74. The van der Waals surface area contributed by atoms with Gasteiger partial charge in [-0.25, -0.2) is 0 Å². The predicted octanol–water partition coefficient (Wildman–Crippen LogP) is 2.81. The van der Waals surface area contributed by atoms with Crippen molar-refractivity contribution in [1.82, 2.24) is 10.2 Å². The SMILES string of the molecule is CCOc1ccc(OCC(=O)N2CCC(NC(=O)Cc3ccccc3)CC2)cc1. The average molecular weight is 396 g/mol. The molecule has 1 heterocycles. The molecule has 6 nitrogen and oxygen atoms in total. The van der Waals surface area contributed by atoms with E-state index in [-0.39, 0.29) is 24.5 Å². The van der Waals surface area contributed by atoms with E-state index < -0.39 is 0 Å². The van der Waals surface area contributed by atoms with Crippen LogP contribution in [0.25, 0.3) is 0 Å². The summed E-state index contributed by atoms with van der Waals surface area (Å²) in [7, 11) is 0. The third-order valence-electron chi connectivity index (χ3n) is 4.92. The van der Waals surface area contributed by atoms with Gasteiger partial charge in [0.05, 0.1) is 13.0 Å². The maximum Gasteiger partial charge on any atom is 0.260 e. The number of likely N-dealkylation sites (tertiary alicyclic amines) is 1. The molecule has 0 unspecified atom stereocenters. The lowest BCUT2D eigenvalue weighted by atomic mass is 10.0. The first kappa shape index (κ1) is 20.7. The molecule has 1 saturated heterocycles. The van der Waals surface area contributed by atoms with Crippen molar-refractivity contribution >= 4 is 11.8 Å². The van der Waals surface area contributed by atoms with Gasteiger partial charge in [-0.05, 0) is 49.6 Å². The molecule has 6 heteroatoms. The molecule has 0 spiro atoms. The predicted molar refractivity (Wildman–Crippen MR) is 111 cm³/mol. The minimum Gasteiger partial charge on any atom is -0.494 e. The van der Waals surface area contributed by atoms with Crippen LogP contribution in [-0.2, 0) is 16.0 Å². The Morgan fingerprint density at radius 2 is 1.59 bits per heavy atom. The molecule has 2 aromatic carbocycles.